The zero-order valence-corrected chi connectivity index (χ0v) is 9.64. The fourth-order valence-electron chi connectivity index (χ4n) is 2.34. The van der Waals surface area contributed by atoms with Gasteiger partial charge in [-0.25, -0.2) is 9.97 Å². The van der Waals surface area contributed by atoms with E-state index in [1.807, 2.05) is 0 Å². The van der Waals surface area contributed by atoms with Gasteiger partial charge < -0.3 is 9.80 Å². The first-order chi connectivity index (χ1) is 7.33. The van der Waals surface area contributed by atoms with Crippen molar-refractivity contribution in [2.24, 2.45) is 0 Å². The van der Waals surface area contributed by atoms with Gasteiger partial charge in [-0.1, -0.05) is 6.92 Å². The second-order valence-electron chi connectivity index (χ2n) is 3.66. The van der Waals surface area contributed by atoms with Gasteiger partial charge in [-0.15, -0.1) is 0 Å². The maximum absolute atomic E-state index is 4.43. The largest absolute Gasteiger partial charge is 0.333 e. The van der Waals surface area contributed by atoms with Gasteiger partial charge in [-0.3, -0.25) is 0 Å². The summed E-state index contributed by atoms with van der Waals surface area (Å²) in [6.07, 6.45) is 5.07. The van der Waals surface area contributed by atoms with Gasteiger partial charge >= 0.3 is 0 Å². The Morgan fingerprint density at radius 1 is 1.00 bits per heavy atom. The summed E-state index contributed by atoms with van der Waals surface area (Å²) < 4.78 is 0. The van der Waals surface area contributed by atoms with Crippen molar-refractivity contribution in [2.75, 3.05) is 22.9 Å². The minimum absolute atomic E-state index is 0.428. The molecule has 0 N–H and O–H groups in total. The van der Waals surface area contributed by atoms with Crippen molar-refractivity contribution in [3.8, 4) is 0 Å². The summed E-state index contributed by atoms with van der Waals surface area (Å²) in [6, 6.07) is 0. The van der Waals surface area contributed by atoms with Crippen molar-refractivity contribution >= 4 is 11.6 Å². The number of hydrogen-bond acceptors (Lipinski definition) is 4. The minimum Gasteiger partial charge on any atom is -0.333 e. The monoisotopic (exact) mass is 206 g/mol. The molecule has 0 bridgehead atoms. The number of rotatable bonds is 3. The van der Waals surface area contributed by atoms with Crippen LogP contribution in [0.2, 0.25) is 0 Å². The quantitative estimate of drug-likeness (QED) is 0.756. The molecular formula is C11H18N4. The highest BCUT2D eigenvalue weighted by Crippen LogP contribution is 2.36. The van der Waals surface area contributed by atoms with Crippen LogP contribution in [0, 0.1) is 0 Å². The third-order valence-electron chi connectivity index (χ3n) is 2.97. The van der Waals surface area contributed by atoms with E-state index in [1.54, 1.807) is 12.4 Å². The second-order valence-corrected chi connectivity index (χ2v) is 3.66. The standard InChI is InChI=1S/C11H18N4/c1-4-9-14(5-2)10-11(15(9)6-3)13-8-7-12-10/h7-9H,4-6H2,1-3H3. The highest BCUT2D eigenvalue weighted by molar-refractivity contribution is 5.69. The van der Waals surface area contributed by atoms with E-state index in [4.69, 9.17) is 0 Å². The molecule has 4 heteroatoms. The van der Waals surface area contributed by atoms with Crippen LogP contribution in [0.25, 0.3) is 0 Å². The SMILES string of the molecule is CCC1N(CC)c2nccnc2N1CC. The molecular weight excluding hydrogens is 188 g/mol. The number of hydrogen-bond donors (Lipinski definition) is 0. The van der Waals surface area contributed by atoms with Crippen LogP contribution in [0.3, 0.4) is 0 Å². The molecule has 1 aliphatic heterocycles. The Hall–Kier alpha value is -1.32. The van der Waals surface area contributed by atoms with Crippen molar-refractivity contribution in [1.29, 1.82) is 0 Å². The highest BCUT2D eigenvalue weighted by Gasteiger charge is 2.34. The predicted octanol–water partition coefficient (Wildman–Crippen LogP) is 1.88. The molecule has 0 spiro atoms. The van der Waals surface area contributed by atoms with Gasteiger partial charge in [0.15, 0.2) is 11.6 Å². The van der Waals surface area contributed by atoms with Crippen LogP contribution in [-0.4, -0.2) is 29.2 Å². The lowest BCUT2D eigenvalue weighted by Gasteiger charge is -2.29. The molecule has 2 rings (SSSR count). The molecule has 0 atom stereocenters. The van der Waals surface area contributed by atoms with Crippen LogP contribution in [0.4, 0.5) is 11.6 Å². The Morgan fingerprint density at radius 2 is 1.47 bits per heavy atom. The van der Waals surface area contributed by atoms with E-state index in [1.165, 1.54) is 0 Å². The summed E-state index contributed by atoms with van der Waals surface area (Å²) in [5.41, 5.74) is 0. The topological polar surface area (TPSA) is 32.3 Å². The molecule has 1 aliphatic rings. The number of anilines is 2. The maximum Gasteiger partial charge on any atom is 0.173 e. The molecule has 2 heterocycles. The first-order valence-corrected chi connectivity index (χ1v) is 5.67. The van der Waals surface area contributed by atoms with E-state index in [9.17, 15) is 0 Å². The van der Waals surface area contributed by atoms with Crippen molar-refractivity contribution in [3.63, 3.8) is 0 Å². The van der Waals surface area contributed by atoms with Crippen LogP contribution < -0.4 is 9.80 Å². The van der Waals surface area contributed by atoms with E-state index >= 15 is 0 Å². The predicted molar refractivity (Wildman–Crippen MR) is 62.2 cm³/mol. The van der Waals surface area contributed by atoms with E-state index in [-0.39, 0.29) is 0 Å². The Bertz CT molecular complexity index is 308. The summed E-state index contributed by atoms with van der Waals surface area (Å²) in [5.74, 6) is 2.07. The third-order valence-corrected chi connectivity index (χ3v) is 2.97. The van der Waals surface area contributed by atoms with Gasteiger partial charge in [0.1, 0.15) is 6.17 Å². The van der Waals surface area contributed by atoms with Crippen LogP contribution in [0.5, 0.6) is 0 Å². The minimum atomic E-state index is 0.428. The van der Waals surface area contributed by atoms with Gasteiger partial charge in [0, 0.05) is 25.5 Å². The summed E-state index contributed by atoms with van der Waals surface area (Å²) in [4.78, 5) is 13.5. The van der Waals surface area contributed by atoms with Crippen molar-refractivity contribution in [3.05, 3.63) is 12.4 Å². The molecule has 0 amide bonds. The Kier molecular flexibility index (Phi) is 2.75. The molecule has 0 aliphatic carbocycles. The molecule has 1 aromatic heterocycles. The number of fused-ring (bicyclic) bond motifs is 1. The van der Waals surface area contributed by atoms with Crippen molar-refractivity contribution in [1.82, 2.24) is 9.97 Å². The lowest BCUT2D eigenvalue weighted by Crippen LogP contribution is -2.42. The van der Waals surface area contributed by atoms with Crippen LogP contribution in [0.1, 0.15) is 27.2 Å². The zero-order chi connectivity index (χ0) is 10.8. The molecule has 1 aromatic rings. The molecule has 0 unspecified atom stereocenters. The third kappa shape index (κ3) is 1.44. The van der Waals surface area contributed by atoms with E-state index in [2.05, 4.69) is 40.5 Å². The van der Waals surface area contributed by atoms with Crippen LogP contribution in [-0.2, 0) is 0 Å². The first kappa shape index (κ1) is 10.2. The molecule has 82 valence electrons. The maximum atomic E-state index is 4.43. The fraction of sp³-hybridized carbons (Fsp3) is 0.636. The summed E-state index contributed by atoms with van der Waals surface area (Å²) in [6.45, 7) is 8.52. The molecule has 15 heavy (non-hydrogen) atoms. The summed E-state index contributed by atoms with van der Waals surface area (Å²) in [7, 11) is 0. The summed E-state index contributed by atoms with van der Waals surface area (Å²) in [5, 5.41) is 0. The lowest BCUT2D eigenvalue weighted by atomic mass is 10.3. The number of nitrogens with zero attached hydrogens (tertiary/aromatic N) is 4. The summed E-state index contributed by atoms with van der Waals surface area (Å²) >= 11 is 0. The first-order valence-electron chi connectivity index (χ1n) is 5.67. The van der Waals surface area contributed by atoms with Crippen LogP contribution >= 0.6 is 0 Å². The van der Waals surface area contributed by atoms with Crippen molar-refractivity contribution < 1.29 is 0 Å². The Labute approximate surface area is 90.9 Å². The van der Waals surface area contributed by atoms with Gasteiger partial charge in [-0.05, 0) is 20.3 Å². The fourth-order valence-corrected chi connectivity index (χ4v) is 2.34. The molecule has 0 radical (unpaired) electrons. The Balaban J connectivity index is 2.43. The normalized spacial score (nSPS) is 15.9. The van der Waals surface area contributed by atoms with Crippen molar-refractivity contribution in [2.45, 2.75) is 33.4 Å². The zero-order valence-electron chi connectivity index (χ0n) is 9.64. The molecule has 0 fully saturated rings. The van der Waals surface area contributed by atoms with Gasteiger partial charge in [0.25, 0.3) is 0 Å². The average molecular weight is 206 g/mol. The van der Waals surface area contributed by atoms with E-state index < -0.39 is 0 Å². The van der Waals surface area contributed by atoms with Crippen LogP contribution in [0.15, 0.2) is 12.4 Å². The average Bonchev–Trinajstić information content (AvgIpc) is 2.61. The molecule has 0 saturated carbocycles. The molecule has 4 nitrogen and oxygen atoms in total. The molecule has 0 aromatic carbocycles. The van der Waals surface area contributed by atoms with E-state index in [0.717, 1.165) is 31.1 Å². The number of aromatic nitrogens is 2. The smallest absolute Gasteiger partial charge is 0.173 e. The molecule has 0 saturated heterocycles. The van der Waals surface area contributed by atoms with E-state index in [0.29, 0.717) is 6.17 Å². The van der Waals surface area contributed by atoms with Gasteiger partial charge in [0.2, 0.25) is 0 Å². The lowest BCUT2D eigenvalue weighted by molar-refractivity contribution is 0.576. The van der Waals surface area contributed by atoms with Gasteiger partial charge in [-0.2, -0.15) is 0 Å². The van der Waals surface area contributed by atoms with Gasteiger partial charge in [0.05, 0.1) is 0 Å². The highest BCUT2D eigenvalue weighted by atomic mass is 15.5. The Morgan fingerprint density at radius 3 is 1.80 bits per heavy atom. The second kappa shape index (κ2) is 4.04.